The Bertz CT molecular complexity index is 855. The number of aromatic nitrogens is 1. The number of hydrogen-bond acceptors (Lipinski definition) is 4. The van der Waals surface area contributed by atoms with Crippen molar-refractivity contribution >= 4 is 12.4 Å². The molecule has 1 aliphatic heterocycles. The second kappa shape index (κ2) is 10.7. The Morgan fingerprint density at radius 1 is 1.20 bits per heavy atom. The largest absolute Gasteiger partial charge is 0.483 e. The molecule has 0 bridgehead atoms. The van der Waals surface area contributed by atoms with Crippen LogP contribution in [0, 0.1) is 13.8 Å². The van der Waals surface area contributed by atoms with E-state index >= 15 is 0 Å². The van der Waals surface area contributed by atoms with Crippen LogP contribution in [0.1, 0.15) is 51.5 Å². The lowest BCUT2D eigenvalue weighted by Gasteiger charge is -2.33. The molecule has 164 valence electrons. The molecule has 0 aliphatic carbocycles. The molecule has 1 aromatic carbocycles. The summed E-state index contributed by atoms with van der Waals surface area (Å²) in [6.45, 7) is 4.68. The maximum Gasteiger partial charge on any atom is 0.416 e. The SMILES string of the molecule is Cc1nccc(C(=O)N2CCCC(c3ccc(C(F)(F)F)cc3)C2)c1C.N.O=CO. The summed E-state index contributed by atoms with van der Waals surface area (Å²) in [4.78, 5) is 27.2. The Morgan fingerprint density at radius 3 is 2.37 bits per heavy atom. The number of piperidine rings is 1. The molecule has 1 unspecified atom stereocenters. The number of hydrogen-bond donors (Lipinski definition) is 2. The molecule has 0 saturated carbocycles. The molecule has 9 heteroatoms. The van der Waals surface area contributed by atoms with Crippen molar-refractivity contribution in [2.24, 2.45) is 0 Å². The highest BCUT2D eigenvalue weighted by Gasteiger charge is 2.31. The van der Waals surface area contributed by atoms with Gasteiger partial charge in [-0.3, -0.25) is 14.6 Å². The molecule has 3 rings (SSSR count). The smallest absolute Gasteiger partial charge is 0.416 e. The second-order valence-corrected chi connectivity index (χ2v) is 6.88. The van der Waals surface area contributed by atoms with E-state index in [0.717, 1.165) is 41.8 Å². The molecule has 1 saturated heterocycles. The number of aryl methyl sites for hydroxylation is 1. The first-order valence-electron chi connectivity index (χ1n) is 9.15. The zero-order valence-corrected chi connectivity index (χ0v) is 16.9. The van der Waals surface area contributed by atoms with Crippen molar-refractivity contribution < 1.29 is 27.9 Å². The number of nitrogens with zero attached hydrogens (tertiary/aromatic N) is 2. The molecule has 0 spiro atoms. The van der Waals surface area contributed by atoms with E-state index in [1.807, 2.05) is 13.8 Å². The maximum absolute atomic E-state index is 12.9. The fourth-order valence-electron chi connectivity index (χ4n) is 3.42. The number of pyridine rings is 1. The van der Waals surface area contributed by atoms with Gasteiger partial charge in [-0.15, -0.1) is 0 Å². The first-order valence-corrected chi connectivity index (χ1v) is 9.15. The molecule has 30 heavy (non-hydrogen) atoms. The Labute approximate surface area is 173 Å². The summed E-state index contributed by atoms with van der Waals surface area (Å²) in [5, 5.41) is 6.89. The van der Waals surface area contributed by atoms with Crippen molar-refractivity contribution in [3.63, 3.8) is 0 Å². The summed E-state index contributed by atoms with van der Waals surface area (Å²) in [5.41, 5.74) is 2.54. The lowest BCUT2D eigenvalue weighted by atomic mass is 9.89. The number of benzene rings is 1. The van der Waals surface area contributed by atoms with Crippen molar-refractivity contribution in [2.75, 3.05) is 13.1 Å². The summed E-state index contributed by atoms with van der Waals surface area (Å²) in [5.74, 6) is 0.0165. The van der Waals surface area contributed by atoms with Crippen LogP contribution in [0.4, 0.5) is 13.2 Å². The van der Waals surface area contributed by atoms with Gasteiger partial charge in [0.2, 0.25) is 0 Å². The predicted octanol–water partition coefficient (Wildman–Crippen LogP) is 4.60. The molecule has 6 nitrogen and oxygen atoms in total. The van der Waals surface area contributed by atoms with Gasteiger partial charge in [0.15, 0.2) is 0 Å². The summed E-state index contributed by atoms with van der Waals surface area (Å²) in [6, 6.07) is 7.03. The monoisotopic (exact) mass is 425 g/mol. The third-order valence-electron chi connectivity index (χ3n) is 5.10. The normalized spacial score (nSPS) is 16.0. The van der Waals surface area contributed by atoms with Crippen LogP contribution in [0.2, 0.25) is 0 Å². The first kappa shape index (κ1) is 25.1. The van der Waals surface area contributed by atoms with Gasteiger partial charge in [0.1, 0.15) is 0 Å². The minimum atomic E-state index is -4.33. The van der Waals surface area contributed by atoms with Crippen molar-refractivity contribution in [1.29, 1.82) is 0 Å². The van der Waals surface area contributed by atoms with Crippen LogP contribution in [0.5, 0.6) is 0 Å². The van der Waals surface area contributed by atoms with Crippen LogP contribution < -0.4 is 6.15 Å². The fraction of sp³-hybridized carbons (Fsp3) is 0.381. The van der Waals surface area contributed by atoms with E-state index in [2.05, 4.69) is 4.98 Å². The Kier molecular flexibility index (Phi) is 8.97. The molecule has 1 aromatic heterocycles. The third kappa shape index (κ3) is 6.03. The van der Waals surface area contributed by atoms with Gasteiger partial charge < -0.3 is 16.2 Å². The van der Waals surface area contributed by atoms with Crippen molar-refractivity contribution in [1.82, 2.24) is 16.0 Å². The van der Waals surface area contributed by atoms with E-state index in [0.29, 0.717) is 18.7 Å². The third-order valence-corrected chi connectivity index (χ3v) is 5.10. The van der Waals surface area contributed by atoms with E-state index in [4.69, 9.17) is 9.90 Å². The van der Waals surface area contributed by atoms with Crippen LogP contribution in [0.25, 0.3) is 0 Å². The number of carboxylic acid groups (broad SMARTS) is 1. The molecule has 4 N–H and O–H groups in total. The Balaban J connectivity index is 0.00000106. The van der Waals surface area contributed by atoms with Crippen molar-refractivity contribution in [2.45, 2.75) is 38.8 Å². The van der Waals surface area contributed by atoms with E-state index in [-0.39, 0.29) is 24.4 Å². The molecule has 0 radical (unpaired) electrons. The number of likely N-dealkylation sites (tertiary alicyclic amines) is 1. The van der Waals surface area contributed by atoms with Crippen LogP contribution in [0.3, 0.4) is 0 Å². The van der Waals surface area contributed by atoms with E-state index in [1.165, 1.54) is 12.1 Å². The van der Waals surface area contributed by atoms with Crippen LogP contribution in [0.15, 0.2) is 36.5 Å². The number of carbonyl (C=O) groups is 2. The van der Waals surface area contributed by atoms with Crippen molar-refractivity contribution in [3.8, 4) is 0 Å². The molecule has 2 aromatic rings. The van der Waals surface area contributed by atoms with Gasteiger partial charge >= 0.3 is 6.18 Å². The van der Waals surface area contributed by atoms with Gasteiger partial charge in [0.05, 0.1) is 5.56 Å². The Morgan fingerprint density at radius 2 is 1.80 bits per heavy atom. The fourth-order valence-corrected chi connectivity index (χ4v) is 3.42. The average molecular weight is 425 g/mol. The van der Waals surface area contributed by atoms with Gasteiger partial charge in [-0.05, 0) is 56.0 Å². The summed E-state index contributed by atoms with van der Waals surface area (Å²) in [6.07, 6.45) is -0.999. The number of carbonyl (C=O) groups excluding carboxylic acids is 1. The number of amides is 1. The Hall–Kier alpha value is -2.94. The zero-order chi connectivity index (χ0) is 21.6. The van der Waals surface area contributed by atoms with Crippen LogP contribution in [-0.4, -0.2) is 40.5 Å². The minimum Gasteiger partial charge on any atom is -0.483 e. The van der Waals surface area contributed by atoms with Gasteiger partial charge in [-0.25, -0.2) is 0 Å². The standard InChI is InChI=1S/C20H21F3N2O.CH2O2.H3N/c1-13-14(2)24-10-9-18(13)19(26)25-11-3-4-16(12-25)15-5-7-17(8-6-15)20(21,22)23;2-1-3;/h5-10,16H,3-4,11-12H2,1-2H3;1H,(H,2,3);1H3. The lowest BCUT2D eigenvalue weighted by molar-refractivity contribution is -0.137. The summed E-state index contributed by atoms with van der Waals surface area (Å²) in [7, 11) is 0. The number of rotatable bonds is 2. The predicted molar refractivity (Wildman–Crippen MR) is 107 cm³/mol. The highest BCUT2D eigenvalue weighted by Crippen LogP contribution is 2.32. The minimum absolute atomic E-state index is 0. The van der Waals surface area contributed by atoms with E-state index < -0.39 is 11.7 Å². The second-order valence-electron chi connectivity index (χ2n) is 6.88. The van der Waals surface area contributed by atoms with Gasteiger partial charge in [-0.1, -0.05) is 12.1 Å². The van der Waals surface area contributed by atoms with Gasteiger partial charge in [0.25, 0.3) is 12.4 Å². The lowest BCUT2D eigenvalue weighted by Crippen LogP contribution is -2.39. The van der Waals surface area contributed by atoms with Crippen LogP contribution >= 0.6 is 0 Å². The topological polar surface area (TPSA) is 106 Å². The highest BCUT2D eigenvalue weighted by molar-refractivity contribution is 5.95. The van der Waals surface area contributed by atoms with Gasteiger partial charge in [0, 0.05) is 36.5 Å². The summed E-state index contributed by atoms with van der Waals surface area (Å²) < 4.78 is 38.2. The molecule has 1 amide bonds. The van der Waals surface area contributed by atoms with Crippen molar-refractivity contribution in [3.05, 3.63) is 64.5 Å². The zero-order valence-electron chi connectivity index (χ0n) is 16.9. The first-order chi connectivity index (χ1) is 13.7. The summed E-state index contributed by atoms with van der Waals surface area (Å²) >= 11 is 0. The quantitative estimate of drug-likeness (QED) is 0.684. The molecular weight excluding hydrogens is 399 g/mol. The average Bonchev–Trinajstić information content (AvgIpc) is 2.70. The molecule has 1 atom stereocenters. The number of alkyl halides is 3. The number of halogens is 3. The molecule has 1 fully saturated rings. The van der Waals surface area contributed by atoms with E-state index in [1.54, 1.807) is 17.2 Å². The van der Waals surface area contributed by atoms with Crippen LogP contribution in [-0.2, 0) is 11.0 Å². The molecular formula is C21H26F3N3O3. The van der Waals surface area contributed by atoms with E-state index in [9.17, 15) is 18.0 Å². The highest BCUT2D eigenvalue weighted by atomic mass is 19.4. The van der Waals surface area contributed by atoms with Gasteiger partial charge in [-0.2, -0.15) is 13.2 Å². The molecule has 1 aliphatic rings. The maximum atomic E-state index is 12.9. The molecule has 2 heterocycles.